The van der Waals surface area contributed by atoms with Crippen LogP contribution < -0.4 is 4.90 Å². The molecule has 5 heteroatoms. The third-order valence-corrected chi connectivity index (χ3v) is 3.39. The lowest BCUT2D eigenvalue weighted by Gasteiger charge is -2.19. The lowest BCUT2D eigenvalue weighted by Crippen LogP contribution is -2.12. The van der Waals surface area contributed by atoms with Crippen molar-refractivity contribution in [3.8, 4) is 0 Å². The molecule has 3 nitrogen and oxygen atoms in total. The molecule has 3 rings (SSSR count). The Bertz CT molecular complexity index is 596. The Kier molecular flexibility index (Phi) is 3.11. The van der Waals surface area contributed by atoms with Gasteiger partial charge in [-0.1, -0.05) is 11.6 Å². The van der Waals surface area contributed by atoms with Crippen LogP contribution in [0.25, 0.3) is 0 Å². The second kappa shape index (κ2) is 4.78. The van der Waals surface area contributed by atoms with Crippen LogP contribution >= 0.6 is 11.6 Å². The predicted octanol–water partition coefficient (Wildman–Crippen LogP) is 3.91. The number of hydrogen-bond acceptors (Lipinski definition) is 3. The summed E-state index contributed by atoms with van der Waals surface area (Å²) in [7, 11) is 1.88. The summed E-state index contributed by atoms with van der Waals surface area (Å²) >= 11 is 6.04. The minimum atomic E-state index is -0.253. The van der Waals surface area contributed by atoms with Crippen molar-refractivity contribution in [3.63, 3.8) is 0 Å². The number of nitrogens with zero attached hydrogens (tertiary/aromatic N) is 3. The quantitative estimate of drug-likeness (QED) is 0.797. The standard InChI is InChI=1S/C14H13ClFN3/c1-19(11-6-4-10(16)5-7-11)13-8-12(15)17-14(18-13)9-2-3-9/h4-9H,2-3H2,1H3. The topological polar surface area (TPSA) is 29.0 Å². The Morgan fingerprint density at radius 3 is 2.53 bits per heavy atom. The van der Waals surface area contributed by atoms with Crippen LogP contribution in [-0.2, 0) is 0 Å². The molecule has 1 saturated carbocycles. The van der Waals surface area contributed by atoms with E-state index in [0.29, 0.717) is 11.1 Å². The molecule has 0 spiro atoms. The molecule has 0 saturated heterocycles. The summed E-state index contributed by atoms with van der Waals surface area (Å²) in [6, 6.07) is 7.99. The second-order valence-corrected chi connectivity index (χ2v) is 5.10. The molecule has 1 aliphatic carbocycles. The molecule has 1 aliphatic rings. The fourth-order valence-corrected chi connectivity index (χ4v) is 2.10. The Balaban J connectivity index is 1.94. The zero-order valence-electron chi connectivity index (χ0n) is 10.5. The van der Waals surface area contributed by atoms with Crippen molar-refractivity contribution in [3.05, 3.63) is 47.1 Å². The number of hydrogen-bond donors (Lipinski definition) is 0. The Morgan fingerprint density at radius 2 is 1.89 bits per heavy atom. The van der Waals surface area contributed by atoms with Crippen LogP contribution in [0.2, 0.25) is 5.15 Å². The van der Waals surface area contributed by atoms with Gasteiger partial charge in [-0.2, -0.15) is 0 Å². The summed E-state index contributed by atoms with van der Waals surface area (Å²) in [6.07, 6.45) is 2.25. The molecule has 0 bridgehead atoms. The molecule has 1 fully saturated rings. The van der Waals surface area contributed by atoms with E-state index in [-0.39, 0.29) is 5.82 Å². The molecule has 1 aromatic heterocycles. The summed E-state index contributed by atoms with van der Waals surface area (Å²) in [6.45, 7) is 0. The first-order valence-corrected chi connectivity index (χ1v) is 6.55. The monoisotopic (exact) mass is 277 g/mol. The maximum atomic E-state index is 12.9. The van der Waals surface area contributed by atoms with Gasteiger partial charge in [-0.3, -0.25) is 0 Å². The molecule has 0 atom stereocenters. The van der Waals surface area contributed by atoms with E-state index in [2.05, 4.69) is 9.97 Å². The maximum Gasteiger partial charge on any atom is 0.137 e. The second-order valence-electron chi connectivity index (χ2n) is 4.72. The normalized spacial score (nSPS) is 14.5. The van der Waals surface area contributed by atoms with Gasteiger partial charge in [0, 0.05) is 24.7 Å². The van der Waals surface area contributed by atoms with Crippen molar-refractivity contribution in [2.24, 2.45) is 0 Å². The van der Waals surface area contributed by atoms with Gasteiger partial charge in [0.15, 0.2) is 0 Å². The fourth-order valence-electron chi connectivity index (χ4n) is 1.92. The highest BCUT2D eigenvalue weighted by molar-refractivity contribution is 6.29. The van der Waals surface area contributed by atoms with E-state index in [9.17, 15) is 4.39 Å². The van der Waals surface area contributed by atoms with Crippen LogP contribution in [0.15, 0.2) is 30.3 Å². The van der Waals surface area contributed by atoms with Gasteiger partial charge >= 0.3 is 0 Å². The van der Waals surface area contributed by atoms with Gasteiger partial charge in [0.2, 0.25) is 0 Å². The van der Waals surface area contributed by atoms with Gasteiger partial charge in [-0.05, 0) is 37.1 Å². The smallest absolute Gasteiger partial charge is 0.137 e. The molecular weight excluding hydrogens is 265 g/mol. The van der Waals surface area contributed by atoms with E-state index in [0.717, 1.165) is 30.2 Å². The van der Waals surface area contributed by atoms with Gasteiger partial charge in [-0.15, -0.1) is 0 Å². The van der Waals surface area contributed by atoms with Crippen molar-refractivity contribution in [1.82, 2.24) is 9.97 Å². The summed E-state index contributed by atoms with van der Waals surface area (Å²) in [4.78, 5) is 10.7. The summed E-state index contributed by atoms with van der Waals surface area (Å²) in [5, 5.41) is 0.445. The Labute approximate surface area is 116 Å². The molecule has 0 amide bonds. The van der Waals surface area contributed by atoms with E-state index >= 15 is 0 Å². The van der Waals surface area contributed by atoms with E-state index in [1.54, 1.807) is 18.2 Å². The van der Waals surface area contributed by atoms with Crippen LogP contribution in [0.1, 0.15) is 24.6 Å². The largest absolute Gasteiger partial charge is 0.329 e. The number of aromatic nitrogens is 2. The van der Waals surface area contributed by atoms with E-state index in [4.69, 9.17) is 11.6 Å². The van der Waals surface area contributed by atoms with E-state index < -0.39 is 0 Å². The molecule has 0 unspecified atom stereocenters. The number of halogens is 2. The third kappa shape index (κ3) is 2.68. The highest BCUT2D eigenvalue weighted by atomic mass is 35.5. The maximum absolute atomic E-state index is 12.9. The minimum absolute atomic E-state index is 0.253. The molecule has 98 valence electrons. The molecule has 19 heavy (non-hydrogen) atoms. The molecule has 1 heterocycles. The van der Waals surface area contributed by atoms with Crippen molar-refractivity contribution in [1.29, 1.82) is 0 Å². The van der Waals surface area contributed by atoms with Crippen molar-refractivity contribution in [2.45, 2.75) is 18.8 Å². The first kappa shape index (κ1) is 12.4. The van der Waals surface area contributed by atoms with Crippen LogP contribution in [0.5, 0.6) is 0 Å². The van der Waals surface area contributed by atoms with E-state index in [1.807, 2.05) is 11.9 Å². The lowest BCUT2D eigenvalue weighted by molar-refractivity contribution is 0.628. The van der Waals surface area contributed by atoms with Crippen LogP contribution in [0, 0.1) is 5.82 Å². The number of rotatable bonds is 3. The van der Waals surface area contributed by atoms with Gasteiger partial charge < -0.3 is 4.90 Å². The Morgan fingerprint density at radius 1 is 1.21 bits per heavy atom. The average molecular weight is 278 g/mol. The number of anilines is 2. The fraction of sp³-hybridized carbons (Fsp3) is 0.286. The summed E-state index contributed by atoms with van der Waals surface area (Å²) in [5.74, 6) is 1.72. The zero-order valence-corrected chi connectivity index (χ0v) is 11.2. The molecule has 2 aromatic rings. The summed E-state index contributed by atoms with van der Waals surface area (Å²) in [5.41, 5.74) is 0.859. The van der Waals surface area contributed by atoms with Crippen LogP contribution in [0.4, 0.5) is 15.9 Å². The summed E-state index contributed by atoms with van der Waals surface area (Å²) < 4.78 is 12.9. The van der Waals surface area contributed by atoms with Gasteiger partial charge in [0.25, 0.3) is 0 Å². The van der Waals surface area contributed by atoms with Crippen LogP contribution in [0.3, 0.4) is 0 Å². The first-order valence-electron chi connectivity index (χ1n) is 6.17. The van der Waals surface area contributed by atoms with Gasteiger partial charge in [0.05, 0.1) is 0 Å². The van der Waals surface area contributed by atoms with Crippen molar-refractivity contribution < 1.29 is 4.39 Å². The zero-order chi connectivity index (χ0) is 13.4. The van der Waals surface area contributed by atoms with Gasteiger partial charge in [-0.25, -0.2) is 14.4 Å². The van der Waals surface area contributed by atoms with Crippen LogP contribution in [-0.4, -0.2) is 17.0 Å². The average Bonchev–Trinajstić information content (AvgIpc) is 3.22. The molecular formula is C14H13ClFN3. The predicted molar refractivity (Wildman–Crippen MR) is 73.5 cm³/mol. The molecule has 0 aliphatic heterocycles. The minimum Gasteiger partial charge on any atom is -0.329 e. The molecule has 0 radical (unpaired) electrons. The molecule has 1 aromatic carbocycles. The lowest BCUT2D eigenvalue weighted by atomic mass is 10.3. The van der Waals surface area contributed by atoms with Gasteiger partial charge in [0.1, 0.15) is 22.6 Å². The molecule has 0 N–H and O–H groups in total. The number of benzene rings is 1. The highest BCUT2D eigenvalue weighted by Gasteiger charge is 2.27. The first-order chi connectivity index (χ1) is 9.13. The van der Waals surface area contributed by atoms with E-state index in [1.165, 1.54) is 12.1 Å². The third-order valence-electron chi connectivity index (χ3n) is 3.20. The van der Waals surface area contributed by atoms with Crippen molar-refractivity contribution >= 4 is 23.1 Å². The SMILES string of the molecule is CN(c1ccc(F)cc1)c1cc(Cl)nc(C2CC2)n1. The Hall–Kier alpha value is -1.68. The highest BCUT2D eigenvalue weighted by Crippen LogP contribution is 2.39. The van der Waals surface area contributed by atoms with Crippen molar-refractivity contribution in [2.75, 3.05) is 11.9 Å².